The minimum Gasteiger partial charge on any atom is -0.491 e. The van der Waals surface area contributed by atoms with E-state index >= 15 is 0 Å². The van der Waals surface area contributed by atoms with Crippen molar-refractivity contribution >= 4 is 55.8 Å². The van der Waals surface area contributed by atoms with Gasteiger partial charge in [0.1, 0.15) is 21.9 Å². The van der Waals surface area contributed by atoms with Gasteiger partial charge in [-0.3, -0.25) is 14.7 Å². The van der Waals surface area contributed by atoms with Crippen molar-refractivity contribution in [3.8, 4) is 16.3 Å². The minimum atomic E-state index is -4.35. The molecule has 0 spiro atoms. The molecule has 0 saturated carbocycles. The number of rotatable bonds is 11. The molecule has 3 aromatic rings. The number of nitrogens with one attached hydrogen (secondary N) is 1. The first-order chi connectivity index (χ1) is 18.1. The van der Waals surface area contributed by atoms with Crippen LogP contribution in [0.5, 0.6) is 5.75 Å². The van der Waals surface area contributed by atoms with Crippen LogP contribution in [0.2, 0.25) is 0 Å². The van der Waals surface area contributed by atoms with Crippen molar-refractivity contribution < 1.29 is 37.0 Å². The number of carbonyl (C=O) groups is 1. The number of nitrogens with zero attached hydrogens (tertiary/aromatic N) is 1. The van der Waals surface area contributed by atoms with Crippen molar-refractivity contribution in [2.75, 3.05) is 11.6 Å². The molecule has 10 nitrogen and oxygen atoms in total. The van der Waals surface area contributed by atoms with Gasteiger partial charge in [-0.1, -0.05) is 6.58 Å². The monoisotopic (exact) mass is 610 g/mol. The van der Waals surface area contributed by atoms with Crippen LogP contribution in [-0.2, 0) is 23.9 Å². The predicted molar refractivity (Wildman–Crippen MR) is 153 cm³/mol. The zero-order chi connectivity index (χ0) is 29.0. The summed E-state index contributed by atoms with van der Waals surface area (Å²) in [5.41, 5.74) is 0.798. The first kappa shape index (κ1) is 30.5. The SMILES string of the molecule is C=C(/C=C(\C=C(/C)C(=O)Nc1nc(-c2ccc(P(=O)(O)O)s2)cs1)OC(C)C)Oc1ccc(S(C)(=O)=O)cc1. The third kappa shape index (κ3) is 8.99. The maximum atomic E-state index is 12.8. The lowest BCUT2D eigenvalue weighted by molar-refractivity contribution is -0.112. The maximum Gasteiger partial charge on any atom is 0.366 e. The number of anilines is 1. The number of ether oxygens (including phenoxy) is 2. The number of allylic oxidation sites excluding steroid dienone is 2. The molecule has 0 fully saturated rings. The molecule has 0 unspecified atom stereocenters. The quantitative estimate of drug-likeness (QED) is 0.120. The molecular weight excluding hydrogens is 583 g/mol. The molecule has 1 aromatic carbocycles. The van der Waals surface area contributed by atoms with Crippen molar-refractivity contribution in [3.63, 3.8) is 0 Å². The van der Waals surface area contributed by atoms with Gasteiger partial charge < -0.3 is 19.3 Å². The first-order valence-corrected chi connectivity index (χ1v) is 16.5. The molecule has 0 aliphatic heterocycles. The molecule has 39 heavy (non-hydrogen) atoms. The van der Waals surface area contributed by atoms with Crippen LogP contribution in [0.1, 0.15) is 20.8 Å². The third-order valence-electron chi connectivity index (χ3n) is 4.75. The highest BCUT2D eigenvalue weighted by atomic mass is 32.2. The summed E-state index contributed by atoms with van der Waals surface area (Å²) in [4.78, 5) is 36.5. The van der Waals surface area contributed by atoms with Crippen LogP contribution < -0.4 is 14.7 Å². The number of thiazole rings is 1. The van der Waals surface area contributed by atoms with Crippen molar-refractivity contribution in [2.45, 2.75) is 31.8 Å². The number of aromatic nitrogens is 1. The van der Waals surface area contributed by atoms with E-state index in [2.05, 4.69) is 16.9 Å². The molecule has 3 rings (SSSR count). The van der Waals surface area contributed by atoms with E-state index in [1.165, 1.54) is 53.8 Å². The molecule has 0 aliphatic carbocycles. The molecule has 208 valence electrons. The molecule has 0 saturated heterocycles. The fourth-order valence-corrected chi connectivity index (χ4v) is 6.17. The van der Waals surface area contributed by atoms with E-state index in [1.807, 2.05) is 13.8 Å². The van der Waals surface area contributed by atoms with E-state index in [0.717, 1.165) is 17.6 Å². The van der Waals surface area contributed by atoms with Gasteiger partial charge in [-0.2, -0.15) is 0 Å². The second kappa shape index (κ2) is 12.4. The molecule has 2 heterocycles. The Labute approximate surface area is 234 Å². The summed E-state index contributed by atoms with van der Waals surface area (Å²) in [6, 6.07) is 8.81. The van der Waals surface area contributed by atoms with Crippen LogP contribution in [0, 0.1) is 0 Å². The van der Waals surface area contributed by atoms with Crippen LogP contribution in [0.3, 0.4) is 0 Å². The maximum absolute atomic E-state index is 12.8. The summed E-state index contributed by atoms with van der Waals surface area (Å²) in [5.74, 6) is 0.472. The van der Waals surface area contributed by atoms with Crippen LogP contribution in [0.25, 0.3) is 10.6 Å². The number of hydrogen-bond donors (Lipinski definition) is 3. The van der Waals surface area contributed by atoms with E-state index in [0.29, 0.717) is 32.8 Å². The number of hydrogen-bond acceptors (Lipinski definition) is 9. The van der Waals surface area contributed by atoms with Crippen LogP contribution in [0.15, 0.2) is 82.5 Å². The fourth-order valence-electron chi connectivity index (χ4n) is 3.02. The van der Waals surface area contributed by atoms with Gasteiger partial charge in [-0.15, -0.1) is 22.7 Å². The van der Waals surface area contributed by atoms with Gasteiger partial charge in [0.15, 0.2) is 15.0 Å². The standard InChI is InChI=1S/C25H27N2O8PS3/c1-15(2)34-19(13-17(4)35-18-6-8-20(9-7-18)39(5,32)33)12-16(3)24(28)27-25-26-21(14-37-25)22-10-11-23(38-22)36(29,30)31/h6-15H,4H2,1-3,5H3,(H,26,27,28)(H2,29,30,31)/b16-12+,19-13+. The lowest BCUT2D eigenvalue weighted by Crippen LogP contribution is -2.13. The molecule has 0 aliphatic rings. The molecule has 1 amide bonds. The first-order valence-electron chi connectivity index (χ1n) is 11.3. The van der Waals surface area contributed by atoms with Crippen LogP contribution in [0.4, 0.5) is 5.13 Å². The Kier molecular flexibility index (Phi) is 9.70. The third-order valence-corrected chi connectivity index (χ3v) is 9.26. The highest BCUT2D eigenvalue weighted by Crippen LogP contribution is 2.39. The highest BCUT2D eigenvalue weighted by molar-refractivity contribution is 7.90. The highest BCUT2D eigenvalue weighted by Gasteiger charge is 2.21. The summed E-state index contributed by atoms with van der Waals surface area (Å²) >= 11 is 2.11. The summed E-state index contributed by atoms with van der Waals surface area (Å²) in [5, 5.41) is 4.70. The molecular formula is C25H27N2O8PS3. The molecule has 0 radical (unpaired) electrons. The molecule has 14 heteroatoms. The number of amides is 1. The van der Waals surface area contributed by atoms with Crippen LogP contribution in [-0.4, -0.2) is 41.5 Å². The normalized spacial score (nSPS) is 12.9. The molecule has 0 atom stereocenters. The van der Waals surface area contributed by atoms with E-state index in [1.54, 1.807) is 18.4 Å². The van der Waals surface area contributed by atoms with Gasteiger partial charge in [-0.25, -0.2) is 13.4 Å². The summed E-state index contributed by atoms with van der Waals surface area (Å²) in [6.07, 6.45) is 3.94. The lowest BCUT2D eigenvalue weighted by Gasteiger charge is -2.13. The zero-order valence-corrected chi connectivity index (χ0v) is 24.8. The van der Waals surface area contributed by atoms with Crippen molar-refractivity contribution in [1.82, 2.24) is 4.98 Å². The van der Waals surface area contributed by atoms with Gasteiger partial charge in [-0.05, 0) is 63.2 Å². The fraction of sp³-hybridized carbons (Fsp3) is 0.200. The topological polar surface area (TPSA) is 152 Å². The van der Waals surface area contributed by atoms with Gasteiger partial charge in [0.25, 0.3) is 5.91 Å². The zero-order valence-electron chi connectivity index (χ0n) is 21.4. The second-order valence-corrected chi connectivity index (χ2v) is 14.4. The van der Waals surface area contributed by atoms with Gasteiger partial charge >= 0.3 is 7.60 Å². The smallest absolute Gasteiger partial charge is 0.366 e. The van der Waals surface area contributed by atoms with Crippen LogP contribution >= 0.6 is 30.3 Å². The largest absolute Gasteiger partial charge is 0.491 e. The van der Waals surface area contributed by atoms with E-state index < -0.39 is 23.3 Å². The summed E-state index contributed by atoms with van der Waals surface area (Å²) in [7, 11) is -7.68. The summed E-state index contributed by atoms with van der Waals surface area (Å²) in [6.45, 7) is 9.10. The minimum absolute atomic E-state index is 0.0594. The number of thiophene rings is 1. The Morgan fingerprint density at radius 1 is 1.15 bits per heavy atom. The molecule has 3 N–H and O–H groups in total. The van der Waals surface area contributed by atoms with Crippen molar-refractivity contribution in [3.05, 3.63) is 77.6 Å². The number of carbonyl (C=O) groups excluding carboxylic acids is 1. The Hall–Kier alpha value is -3.06. The summed E-state index contributed by atoms with van der Waals surface area (Å²) < 4.78 is 46.1. The average Bonchev–Trinajstić information content (AvgIpc) is 3.48. The van der Waals surface area contributed by atoms with Gasteiger partial charge in [0, 0.05) is 23.3 Å². The lowest BCUT2D eigenvalue weighted by atomic mass is 10.2. The van der Waals surface area contributed by atoms with E-state index in [4.69, 9.17) is 9.47 Å². The number of benzene rings is 1. The average molecular weight is 611 g/mol. The van der Waals surface area contributed by atoms with E-state index in [9.17, 15) is 27.6 Å². The molecule has 2 aromatic heterocycles. The second-order valence-electron chi connectivity index (χ2n) is 8.53. The Balaban J connectivity index is 1.71. The Bertz CT molecular complexity index is 1580. The molecule has 0 bridgehead atoms. The number of sulfone groups is 1. The Morgan fingerprint density at radius 3 is 2.38 bits per heavy atom. The van der Waals surface area contributed by atoms with E-state index in [-0.39, 0.29) is 21.4 Å². The predicted octanol–water partition coefficient (Wildman–Crippen LogP) is 4.86. The van der Waals surface area contributed by atoms with Gasteiger partial charge in [0.2, 0.25) is 0 Å². The van der Waals surface area contributed by atoms with Crippen molar-refractivity contribution in [2.24, 2.45) is 0 Å². The Morgan fingerprint density at radius 2 is 1.82 bits per heavy atom. The van der Waals surface area contributed by atoms with Gasteiger partial charge in [0.05, 0.1) is 21.6 Å². The van der Waals surface area contributed by atoms with Crippen molar-refractivity contribution in [1.29, 1.82) is 0 Å².